The molecule has 3 aliphatic rings. The highest BCUT2D eigenvalue weighted by molar-refractivity contribution is 7.86. The molecule has 0 radical (unpaired) electrons. The number of hydroxylamine groups is 2. The monoisotopic (exact) mass is 925 g/mol. The first kappa shape index (κ1) is 47.7. The summed E-state index contributed by atoms with van der Waals surface area (Å²) in [6.45, 7) is 6.51. The molecule has 5 rings (SSSR count). The van der Waals surface area contributed by atoms with Crippen molar-refractivity contribution in [2.45, 2.75) is 107 Å². The van der Waals surface area contributed by atoms with Crippen molar-refractivity contribution in [1.29, 1.82) is 0 Å². The van der Waals surface area contributed by atoms with Crippen LogP contribution in [0.3, 0.4) is 0 Å². The van der Waals surface area contributed by atoms with Gasteiger partial charge in [-0.25, -0.2) is 9.36 Å². The van der Waals surface area contributed by atoms with Crippen LogP contribution in [0.25, 0.3) is 0 Å². The Morgan fingerprint density at radius 2 is 1.54 bits per heavy atom. The first-order chi connectivity index (χ1) is 28.4. The molecule has 332 valence electrons. The molecule has 1 fully saturated rings. The lowest BCUT2D eigenvalue weighted by Gasteiger charge is -2.30. The average molecular weight is 927 g/mol. The number of hydrogen-bond donors (Lipinski definition) is 3. The van der Waals surface area contributed by atoms with E-state index in [4.69, 9.17) is 21.4 Å². The van der Waals surface area contributed by atoms with Gasteiger partial charge in [0.1, 0.15) is 6.20 Å². The molecular weight excluding hydrogens is 876 g/mol. The van der Waals surface area contributed by atoms with E-state index in [0.717, 1.165) is 11.3 Å². The minimum absolute atomic E-state index is 0.0141. The van der Waals surface area contributed by atoms with Crippen LogP contribution in [0.4, 0.5) is 11.5 Å². The zero-order valence-corrected chi connectivity index (χ0v) is 37.2. The lowest BCUT2D eigenvalue weighted by molar-refractivity contribution is -0.684. The van der Waals surface area contributed by atoms with Crippen molar-refractivity contribution in [2.75, 3.05) is 23.0 Å². The molecule has 0 aliphatic carbocycles. The molecule has 1 atom stereocenters. The number of amides is 2. The molecule has 1 aromatic carbocycles. The summed E-state index contributed by atoms with van der Waals surface area (Å²) in [6, 6.07) is 6.11. The van der Waals surface area contributed by atoms with Gasteiger partial charge in [0.25, 0.3) is 42.2 Å². The molecular formula is C40H50ClN4O13S3+. The molecule has 17 nitrogen and oxygen atoms in total. The Morgan fingerprint density at radius 1 is 0.869 bits per heavy atom. The Bertz CT molecular complexity index is 2520. The minimum atomic E-state index is -4.60. The summed E-state index contributed by atoms with van der Waals surface area (Å²) in [5.41, 5.74) is 2.03. The summed E-state index contributed by atoms with van der Waals surface area (Å²) in [5.74, 6) is -2.11. The first-order valence-electron chi connectivity index (χ1n) is 19.7. The Balaban J connectivity index is 1.40. The van der Waals surface area contributed by atoms with E-state index >= 15 is 0 Å². The molecule has 4 heterocycles. The van der Waals surface area contributed by atoms with E-state index in [1.807, 2.05) is 43.9 Å². The average Bonchev–Trinajstić information content (AvgIpc) is 3.69. The van der Waals surface area contributed by atoms with Crippen LogP contribution in [0, 0.1) is 0 Å². The molecule has 2 amide bonds. The van der Waals surface area contributed by atoms with Gasteiger partial charge in [-0.1, -0.05) is 42.7 Å². The van der Waals surface area contributed by atoms with Crippen LogP contribution in [-0.2, 0) is 67.0 Å². The summed E-state index contributed by atoms with van der Waals surface area (Å²) in [5, 5.41) is 0.945. The smallest absolute Gasteiger partial charge is 0.333 e. The number of benzene rings is 1. The second-order valence-corrected chi connectivity index (χ2v) is 20.9. The van der Waals surface area contributed by atoms with Crippen molar-refractivity contribution in [3.05, 3.63) is 82.7 Å². The second kappa shape index (κ2) is 19.0. The van der Waals surface area contributed by atoms with Crippen LogP contribution in [0.2, 0.25) is 5.02 Å². The largest absolute Gasteiger partial charge is 0.344 e. The van der Waals surface area contributed by atoms with Crippen LogP contribution >= 0.6 is 11.6 Å². The SMILES string of the molecule is CC1(C)C(/C=C/C=C/C=C2/N(CCCCCC(=O)ON3C(=O)CCC3=O)c3ccc(S(=O)(=O)O)cc3C2(C)CCCCS(=O)(=O)O)=Nc2c1cc(Cl)c[n+]2CCCS(=O)(=O)O. The van der Waals surface area contributed by atoms with Gasteiger partial charge in [-0.3, -0.25) is 23.2 Å². The molecule has 21 heteroatoms. The van der Waals surface area contributed by atoms with Crippen molar-refractivity contribution in [1.82, 2.24) is 5.06 Å². The van der Waals surface area contributed by atoms with Crippen molar-refractivity contribution in [3.8, 4) is 0 Å². The van der Waals surface area contributed by atoms with Gasteiger partial charge >= 0.3 is 11.8 Å². The summed E-state index contributed by atoms with van der Waals surface area (Å²) >= 11 is 6.44. The van der Waals surface area contributed by atoms with Crippen LogP contribution in [0.15, 0.2) is 76.4 Å². The van der Waals surface area contributed by atoms with Crippen LogP contribution in [-0.4, -0.2) is 85.5 Å². The zero-order valence-electron chi connectivity index (χ0n) is 34.0. The topological polar surface area (TPSA) is 246 Å². The number of allylic oxidation sites excluding steroid dienone is 6. The van der Waals surface area contributed by atoms with Gasteiger partial charge in [0, 0.05) is 49.0 Å². The van der Waals surface area contributed by atoms with Gasteiger partial charge in [-0.2, -0.15) is 25.3 Å². The fraction of sp³-hybridized carbons (Fsp3) is 0.475. The van der Waals surface area contributed by atoms with E-state index < -0.39 is 70.5 Å². The summed E-state index contributed by atoms with van der Waals surface area (Å²) in [4.78, 5) is 47.6. The number of aliphatic imine (C=N–C) groups is 1. The molecule has 0 saturated carbocycles. The predicted molar refractivity (Wildman–Crippen MR) is 226 cm³/mol. The maximum absolute atomic E-state index is 12.4. The van der Waals surface area contributed by atoms with Crippen LogP contribution in [0.5, 0.6) is 0 Å². The van der Waals surface area contributed by atoms with Gasteiger partial charge in [0.2, 0.25) is 0 Å². The molecule has 2 aromatic rings. The summed E-state index contributed by atoms with van der Waals surface area (Å²) < 4.78 is 101. The van der Waals surface area contributed by atoms with E-state index in [2.05, 4.69) is 0 Å². The fourth-order valence-electron chi connectivity index (χ4n) is 7.75. The van der Waals surface area contributed by atoms with Gasteiger partial charge in [0.05, 0.1) is 38.9 Å². The molecule has 1 aromatic heterocycles. The molecule has 0 bridgehead atoms. The Morgan fingerprint density at radius 3 is 2.20 bits per heavy atom. The third-order valence-corrected chi connectivity index (χ3v) is 13.6. The predicted octanol–water partition coefficient (Wildman–Crippen LogP) is 5.52. The molecule has 61 heavy (non-hydrogen) atoms. The molecule has 0 spiro atoms. The Hall–Kier alpha value is -4.31. The fourth-order valence-corrected chi connectivity index (χ4v) is 9.55. The van der Waals surface area contributed by atoms with Crippen LogP contribution in [0.1, 0.15) is 96.1 Å². The number of pyridine rings is 1. The Kier molecular flexibility index (Phi) is 14.8. The summed E-state index contributed by atoms with van der Waals surface area (Å²) in [6.07, 6.45) is 13.1. The number of rotatable bonds is 20. The molecule has 1 saturated heterocycles. The minimum Gasteiger partial charge on any atom is -0.344 e. The second-order valence-electron chi connectivity index (χ2n) is 15.9. The maximum atomic E-state index is 12.4. The van der Waals surface area contributed by atoms with Crippen molar-refractivity contribution in [2.24, 2.45) is 4.99 Å². The zero-order chi connectivity index (χ0) is 45.0. The van der Waals surface area contributed by atoms with Gasteiger partial charge < -0.3 is 9.74 Å². The van der Waals surface area contributed by atoms with Crippen molar-refractivity contribution < 1.29 is 62.7 Å². The van der Waals surface area contributed by atoms with E-state index in [1.54, 1.807) is 35.1 Å². The maximum Gasteiger partial charge on any atom is 0.333 e. The highest BCUT2D eigenvalue weighted by Gasteiger charge is 2.44. The van der Waals surface area contributed by atoms with E-state index in [0.29, 0.717) is 71.5 Å². The van der Waals surface area contributed by atoms with Gasteiger partial charge in [-0.05, 0) is 93.4 Å². The lowest BCUT2D eigenvalue weighted by atomic mass is 9.77. The lowest BCUT2D eigenvalue weighted by Crippen LogP contribution is -2.36. The number of aryl methyl sites for hydroxylation is 1. The normalized spacial score (nSPS) is 19.7. The highest BCUT2D eigenvalue weighted by Crippen LogP contribution is 2.51. The molecule has 1 unspecified atom stereocenters. The third-order valence-electron chi connectivity index (χ3n) is 10.9. The van der Waals surface area contributed by atoms with E-state index in [9.17, 15) is 53.3 Å². The number of carbonyl (C=O) groups is 3. The van der Waals surface area contributed by atoms with Gasteiger partial charge in [0.15, 0.2) is 5.71 Å². The standard InChI is InChI=1S/C40H49ClN4O13S3/c1-39(2)31-25-28(41)27-43(21-12-24-60(52,53)54)38(31)42-33(39)13-6-4-7-14-34-40(3,20-9-11-23-59(49,50)51)30-26-29(61(55,56)57)16-17-32(30)44(34)22-10-5-8-15-37(48)58-45-35(46)18-19-36(45)47/h4,6-7,13-14,16-17,25-27H,5,8-12,15,18-24H2,1-3H3,(H2-,49,50,51,52,53,54,55,56,57)/p+1. The Labute approximate surface area is 361 Å². The number of halogens is 1. The number of aromatic nitrogens is 1. The molecule has 3 aliphatic heterocycles. The van der Waals surface area contributed by atoms with Crippen LogP contribution < -0.4 is 9.47 Å². The van der Waals surface area contributed by atoms with Gasteiger partial charge in [-0.15, -0.1) is 5.06 Å². The number of carbonyl (C=O) groups excluding carboxylic acids is 3. The quantitative estimate of drug-likeness (QED) is 0.0487. The number of nitrogens with zero attached hydrogens (tertiary/aromatic N) is 4. The van der Waals surface area contributed by atoms with E-state index in [-0.39, 0.29) is 43.5 Å². The number of imide groups is 1. The number of hydrogen-bond acceptors (Lipinski definition) is 12. The summed E-state index contributed by atoms with van der Waals surface area (Å²) in [7, 11) is -13.0. The number of anilines is 1. The highest BCUT2D eigenvalue weighted by atomic mass is 35.5. The van der Waals surface area contributed by atoms with E-state index in [1.165, 1.54) is 12.1 Å². The first-order valence-corrected chi connectivity index (χ1v) is 24.7. The molecule has 3 N–H and O–H groups in total. The number of fused-ring (bicyclic) bond motifs is 2. The number of unbranched alkanes of at least 4 members (excludes halogenated alkanes) is 3. The van der Waals surface area contributed by atoms with Crippen molar-refractivity contribution >= 4 is 77.0 Å². The van der Waals surface area contributed by atoms with Crippen molar-refractivity contribution in [3.63, 3.8) is 0 Å². The third kappa shape index (κ3) is 12.0.